The minimum Gasteiger partial charge on any atom is -0.475 e. The van der Waals surface area contributed by atoms with Crippen LogP contribution in [0.3, 0.4) is 0 Å². The van der Waals surface area contributed by atoms with Crippen LogP contribution in [0.2, 0.25) is 0 Å². The van der Waals surface area contributed by atoms with Gasteiger partial charge in [-0.2, -0.15) is 26.3 Å². The van der Waals surface area contributed by atoms with Crippen LogP contribution >= 0.6 is 11.3 Å². The molecule has 0 aromatic carbocycles. The van der Waals surface area contributed by atoms with Gasteiger partial charge in [-0.25, -0.2) is 19.6 Å². The van der Waals surface area contributed by atoms with Gasteiger partial charge in [-0.15, -0.1) is 11.3 Å². The number of likely N-dealkylation sites (tertiary alicyclic amines) is 1. The van der Waals surface area contributed by atoms with E-state index in [1.54, 1.807) is 11.3 Å². The van der Waals surface area contributed by atoms with Gasteiger partial charge in [0.2, 0.25) is 0 Å². The van der Waals surface area contributed by atoms with Crippen molar-refractivity contribution in [3.05, 3.63) is 34.3 Å². The average Bonchev–Trinajstić information content (AvgIpc) is 3.50. The maximum Gasteiger partial charge on any atom is 0.490 e. The van der Waals surface area contributed by atoms with E-state index in [-0.39, 0.29) is 0 Å². The molecule has 0 bridgehead atoms. The summed E-state index contributed by atoms with van der Waals surface area (Å²) in [5.41, 5.74) is 1.20. The van der Waals surface area contributed by atoms with E-state index in [1.807, 2.05) is 6.20 Å². The van der Waals surface area contributed by atoms with Crippen LogP contribution in [0, 0.1) is 12.8 Å². The van der Waals surface area contributed by atoms with Crippen molar-refractivity contribution in [2.75, 3.05) is 26.2 Å². The molecule has 0 aliphatic carbocycles. The normalized spacial score (nSPS) is 18.6. The van der Waals surface area contributed by atoms with Crippen molar-refractivity contribution in [3.8, 4) is 0 Å². The number of carboxylic acids is 2. The highest BCUT2D eigenvalue weighted by Gasteiger charge is 2.38. The number of hydrogen-bond acceptors (Lipinski definition) is 7. The number of rotatable bonds is 4. The second-order valence-electron chi connectivity index (χ2n) is 8.50. The molecular weight excluding hydrogens is 532 g/mol. The summed E-state index contributed by atoms with van der Waals surface area (Å²) in [5, 5.41) is 17.6. The summed E-state index contributed by atoms with van der Waals surface area (Å²) < 4.78 is 65.8. The second-order valence-corrected chi connectivity index (χ2v) is 9.57. The molecule has 9 nitrogen and oxygen atoms in total. The molecule has 2 aromatic rings. The van der Waals surface area contributed by atoms with E-state index in [0.717, 1.165) is 31.2 Å². The average molecular weight is 560 g/mol. The molecule has 0 saturated carbocycles. The van der Waals surface area contributed by atoms with Crippen LogP contribution in [-0.2, 0) is 29.2 Å². The fourth-order valence-corrected chi connectivity index (χ4v) is 4.50. The summed E-state index contributed by atoms with van der Waals surface area (Å²) in [7, 11) is 0. The van der Waals surface area contributed by atoms with Crippen LogP contribution in [0.1, 0.15) is 29.4 Å². The predicted octanol–water partition coefficient (Wildman–Crippen LogP) is 3.64. The number of aromatic nitrogens is 3. The molecular formula is C21H27F6N5O4S. The molecule has 37 heavy (non-hydrogen) atoms. The highest BCUT2D eigenvalue weighted by atomic mass is 32.1. The van der Waals surface area contributed by atoms with Gasteiger partial charge in [0.25, 0.3) is 0 Å². The Morgan fingerprint density at radius 2 is 1.59 bits per heavy atom. The molecule has 208 valence electrons. The highest BCUT2D eigenvalue weighted by Crippen LogP contribution is 2.21. The minimum absolute atomic E-state index is 0.670. The number of carboxylic acid groups (broad SMARTS) is 2. The molecule has 16 heteroatoms. The number of carbonyl (C=O) groups is 2. The second kappa shape index (κ2) is 13.2. The Hall–Kier alpha value is -2.72. The first-order valence-electron chi connectivity index (χ1n) is 11.1. The fourth-order valence-electron chi connectivity index (χ4n) is 3.90. The highest BCUT2D eigenvalue weighted by molar-refractivity contribution is 7.09. The van der Waals surface area contributed by atoms with Crippen LogP contribution in [0.5, 0.6) is 0 Å². The first-order valence-corrected chi connectivity index (χ1v) is 12.0. The fraction of sp³-hybridized carbons (Fsp3) is 0.619. The van der Waals surface area contributed by atoms with Crippen molar-refractivity contribution >= 4 is 23.3 Å². The van der Waals surface area contributed by atoms with Crippen LogP contribution in [0.15, 0.2) is 17.8 Å². The number of fused-ring (bicyclic) bond motifs is 1. The lowest BCUT2D eigenvalue weighted by Crippen LogP contribution is -2.35. The van der Waals surface area contributed by atoms with Crippen molar-refractivity contribution in [2.45, 2.75) is 51.8 Å². The minimum atomic E-state index is -5.08. The summed E-state index contributed by atoms with van der Waals surface area (Å²) in [5.74, 6) is -3.65. The van der Waals surface area contributed by atoms with Crippen molar-refractivity contribution in [3.63, 3.8) is 0 Å². The van der Waals surface area contributed by atoms with E-state index in [0.29, 0.717) is 5.92 Å². The number of thiazole rings is 1. The largest absolute Gasteiger partial charge is 0.490 e. The maximum absolute atomic E-state index is 10.6. The van der Waals surface area contributed by atoms with Gasteiger partial charge in [0, 0.05) is 49.9 Å². The molecule has 0 amide bonds. The third-order valence-electron chi connectivity index (χ3n) is 5.39. The number of aliphatic carboxylic acids is 2. The Morgan fingerprint density at radius 1 is 1.03 bits per heavy atom. The van der Waals surface area contributed by atoms with Crippen molar-refractivity contribution < 1.29 is 46.1 Å². The Balaban J connectivity index is 0.000000286. The third-order valence-corrected chi connectivity index (χ3v) is 6.21. The molecule has 0 spiro atoms. The van der Waals surface area contributed by atoms with Gasteiger partial charge in [0.15, 0.2) is 0 Å². The van der Waals surface area contributed by atoms with Gasteiger partial charge in [-0.1, -0.05) is 0 Å². The third kappa shape index (κ3) is 10.7. The van der Waals surface area contributed by atoms with Crippen molar-refractivity contribution in [1.82, 2.24) is 24.3 Å². The topological polar surface area (TPSA) is 112 Å². The predicted molar refractivity (Wildman–Crippen MR) is 120 cm³/mol. The summed E-state index contributed by atoms with van der Waals surface area (Å²) in [6, 6.07) is 0. The first-order chi connectivity index (χ1) is 17.1. The molecule has 2 aliphatic rings. The zero-order chi connectivity index (χ0) is 27.8. The lowest BCUT2D eigenvalue weighted by molar-refractivity contribution is -0.193. The lowest BCUT2D eigenvalue weighted by Gasteiger charge is -2.26. The maximum atomic E-state index is 10.6. The summed E-state index contributed by atoms with van der Waals surface area (Å²) in [6.07, 6.45) is -3.35. The van der Waals surface area contributed by atoms with Gasteiger partial charge < -0.3 is 19.7 Å². The first kappa shape index (κ1) is 30.5. The lowest BCUT2D eigenvalue weighted by atomic mass is 10.1. The summed E-state index contributed by atoms with van der Waals surface area (Å²) >= 11 is 1.75. The smallest absolute Gasteiger partial charge is 0.475 e. The molecule has 2 aromatic heterocycles. The number of aryl methyl sites for hydroxylation is 1. The molecule has 2 aliphatic heterocycles. The van der Waals surface area contributed by atoms with Gasteiger partial charge in [-0.3, -0.25) is 4.90 Å². The van der Waals surface area contributed by atoms with E-state index >= 15 is 0 Å². The molecule has 1 saturated heterocycles. The van der Waals surface area contributed by atoms with E-state index in [2.05, 4.69) is 42.8 Å². The number of alkyl halides is 6. The molecule has 1 unspecified atom stereocenters. The molecule has 4 rings (SSSR count). The number of nitrogens with zero attached hydrogens (tertiary/aromatic N) is 5. The van der Waals surface area contributed by atoms with E-state index in [4.69, 9.17) is 19.8 Å². The molecule has 1 fully saturated rings. The molecule has 2 N–H and O–H groups in total. The summed E-state index contributed by atoms with van der Waals surface area (Å²) in [4.78, 5) is 32.2. The number of imidazole rings is 1. The quantitative estimate of drug-likeness (QED) is 0.547. The van der Waals surface area contributed by atoms with Crippen LogP contribution in [0.25, 0.3) is 0 Å². The van der Waals surface area contributed by atoms with Gasteiger partial charge in [0.1, 0.15) is 5.82 Å². The van der Waals surface area contributed by atoms with Crippen LogP contribution in [0.4, 0.5) is 26.3 Å². The zero-order valence-electron chi connectivity index (χ0n) is 19.8. The SMILES string of the molecule is Cc1nc(CN2Cc3nccn3CC(CN3CCCC3)C2)cs1.O=C(O)C(F)(F)F.O=C(O)C(F)(F)F. The van der Waals surface area contributed by atoms with Crippen LogP contribution < -0.4 is 0 Å². The Kier molecular flexibility index (Phi) is 10.9. The van der Waals surface area contributed by atoms with Gasteiger partial charge in [0.05, 0.1) is 17.2 Å². The Morgan fingerprint density at radius 3 is 2.08 bits per heavy atom. The van der Waals surface area contributed by atoms with E-state index in [1.165, 1.54) is 44.0 Å². The van der Waals surface area contributed by atoms with Crippen molar-refractivity contribution in [1.29, 1.82) is 0 Å². The van der Waals surface area contributed by atoms with E-state index in [9.17, 15) is 26.3 Å². The van der Waals surface area contributed by atoms with Crippen molar-refractivity contribution in [2.24, 2.45) is 5.92 Å². The van der Waals surface area contributed by atoms with E-state index < -0.39 is 24.3 Å². The zero-order valence-corrected chi connectivity index (χ0v) is 20.6. The molecule has 4 heterocycles. The van der Waals surface area contributed by atoms with Gasteiger partial charge >= 0.3 is 24.3 Å². The Labute approximate surface area is 212 Å². The van der Waals surface area contributed by atoms with Gasteiger partial charge in [-0.05, 0) is 32.9 Å². The monoisotopic (exact) mass is 559 g/mol. The number of hydrogen-bond donors (Lipinski definition) is 2. The van der Waals surface area contributed by atoms with Crippen LogP contribution in [-0.4, -0.2) is 85.0 Å². The standard InChI is InChI=1S/C17H25N5S.2C2HF3O2/c1-14-19-16(13-23-14)11-21-9-15(8-20-5-2-3-6-20)10-22-7-4-18-17(22)12-21;2*3-2(4,5)1(6)7/h4,7,13,15H,2-3,5-6,8-12H2,1H3;2*(H,6,7). The Bertz CT molecular complexity index is 996. The molecule has 0 radical (unpaired) electrons. The molecule has 1 atom stereocenters. The summed E-state index contributed by atoms with van der Waals surface area (Å²) in [6.45, 7) is 9.95. The number of halogens is 6.